The molecule has 0 saturated heterocycles. The third-order valence-electron chi connectivity index (χ3n) is 8.06. The Morgan fingerprint density at radius 1 is 0.968 bits per heavy atom. The smallest absolute Gasteiger partial charge is 0.256 e. The fraction of sp³-hybridized carbons (Fsp3) is 0.296. The lowest BCUT2D eigenvalue weighted by Gasteiger charge is -2.34. The molecule has 6 rings (SSSR count). The number of aromatic nitrogens is 2. The summed E-state index contributed by atoms with van der Waals surface area (Å²) in [6.45, 7) is 7.06. The number of fused-ring (bicyclic) bond motifs is 7. The molecular formula is C27H25N3O. The Balaban J connectivity index is 1.38. The van der Waals surface area contributed by atoms with Crippen LogP contribution >= 0.6 is 0 Å². The van der Waals surface area contributed by atoms with Crippen molar-refractivity contribution in [1.29, 1.82) is 0 Å². The first-order valence-electron chi connectivity index (χ1n) is 11.0. The molecule has 154 valence electrons. The third kappa shape index (κ3) is 2.45. The average Bonchev–Trinajstić information content (AvgIpc) is 3.10. The van der Waals surface area contributed by atoms with E-state index >= 15 is 0 Å². The highest BCUT2D eigenvalue weighted by atomic mass is 16.1. The number of amides is 1. The maximum atomic E-state index is 13.0. The van der Waals surface area contributed by atoms with E-state index in [0.717, 1.165) is 33.2 Å². The molecule has 0 spiro atoms. The zero-order valence-corrected chi connectivity index (χ0v) is 18.1. The number of benzene rings is 3. The molecule has 1 amide bonds. The van der Waals surface area contributed by atoms with E-state index in [0.29, 0.717) is 11.5 Å². The van der Waals surface area contributed by atoms with Crippen molar-refractivity contribution in [1.82, 2.24) is 9.97 Å². The van der Waals surface area contributed by atoms with Crippen LogP contribution in [0, 0.1) is 5.41 Å². The molecule has 2 aliphatic rings. The van der Waals surface area contributed by atoms with E-state index in [-0.39, 0.29) is 16.7 Å². The lowest BCUT2D eigenvalue weighted by Crippen LogP contribution is -2.31. The Hall–Kier alpha value is -3.27. The minimum atomic E-state index is -0.113. The first-order valence-corrected chi connectivity index (χ1v) is 11.0. The highest BCUT2D eigenvalue weighted by Gasteiger charge is 2.61. The van der Waals surface area contributed by atoms with Gasteiger partial charge in [-0.25, -0.2) is 9.97 Å². The van der Waals surface area contributed by atoms with Crippen LogP contribution in [0.4, 0.5) is 5.69 Å². The summed E-state index contributed by atoms with van der Waals surface area (Å²) in [5.74, 6) is 0.344. The maximum absolute atomic E-state index is 13.0. The van der Waals surface area contributed by atoms with Crippen molar-refractivity contribution in [3.05, 3.63) is 77.6 Å². The predicted octanol–water partition coefficient (Wildman–Crippen LogP) is 6.21. The van der Waals surface area contributed by atoms with Gasteiger partial charge in [0, 0.05) is 22.6 Å². The summed E-state index contributed by atoms with van der Waals surface area (Å²) < 4.78 is 0. The molecule has 1 heterocycles. The number of nitrogens with one attached hydrogen (secondary N) is 1. The van der Waals surface area contributed by atoms with Crippen LogP contribution in [0.2, 0.25) is 0 Å². The molecule has 4 nitrogen and oxygen atoms in total. The van der Waals surface area contributed by atoms with Crippen molar-refractivity contribution in [3.63, 3.8) is 0 Å². The number of hydrogen-bond acceptors (Lipinski definition) is 3. The fourth-order valence-corrected chi connectivity index (χ4v) is 5.82. The number of carbonyl (C=O) groups is 1. The summed E-state index contributed by atoms with van der Waals surface area (Å²) in [6.07, 6.45) is 2.35. The fourth-order valence-electron chi connectivity index (χ4n) is 5.82. The van der Waals surface area contributed by atoms with Crippen molar-refractivity contribution in [2.45, 2.75) is 44.9 Å². The zero-order chi connectivity index (χ0) is 21.4. The summed E-state index contributed by atoms with van der Waals surface area (Å²) in [6, 6.07) is 19.6. The Bertz CT molecular complexity index is 1380. The Kier molecular flexibility index (Phi) is 3.66. The molecule has 1 saturated carbocycles. The molecule has 2 aliphatic carbocycles. The van der Waals surface area contributed by atoms with Crippen LogP contribution in [0.3, 0.4) is 0 Å². The van der Waals surface area contributed by atoms with E-state index in [9.17, 15) is 4.79 Å². The first kappa shape index (κ1) is 18.5. The zero-order valence-electron chi connectivity index (χ0n) is 18.1. The summed E-state index contributed by atoms with van der Waals surface area (Å²) in [4.78, 5) is 23.1. The first-order chi connectivity index (χ1) is 14.9. The molecule has 0 aliphatic heterocycles. The molecule has 4 heteroatoms. The molecule has 3 aromatic carbocycles. The van der Waals surface area contributed by atoms with Crippen molar-refractivity contribution in [2.24, 2.45) is 5.41 Å². The number of carbonyl (C=O) groups excluding carboxylic acids is 1. The number of anilines is 1. The molecule has 1 N–H and O–H groups in total. The van der Waals surface area contributed by atoms with E-state index in [1.54, 1.807) is 0 Å². The second-order valence-corrected chi connectivity index (χ2v) is 9.79. The van der Waals surface area contributed by atoms with Crippen LogP contribution in [0.15, 0.2) is 60.7 Å². The van der Waals surface area contributed by atoms with Crippen LogP contribution in [0.1, 0.15) is 61.3 Å². The Morgan fingerprint density at radius 3 is 2.65 bits per heavy atom. The summed E-state index contributed by atoms with van der Waals surface area (Å²) in [5, 5.41) is 5.07. The molecule has 1 aromatic heterocycles. The summed E-state index contributed by atoms with van der Waals surface area (Å²) >= 11 is 0. The Morgan fingerprint density at radius 2 is 1.77 bits per heavy atom. The van der Waals surface area contributed by atoms with Crippen molar-refractivity contribution in [2.75, 3.05) is 5.32 Å². The van der Waals surface area contributed by atoms with Gasteiger partial charge in [-0.05, 0) is 53.3 Å². The van der Waals surface area contributed by atoms with Crippen molar-refractivity contribution < 1.29 is 4.79 Å². The van der Waals surface area contributed by atoms with Gasteiger partial charge in [0.1, 0.15) is 0 Å². The predicted molar refractivity (Wildman–Crippen MR) is 125 cm³/mol. The second kappa shape index (κ2) is 6.13. The SMILES string of the molecule is CC12CCC(c3nc4cc(NC(=O)c5cccc6ccccc56)ccc4nc31)C2(C)C. The van der Waals surface area contributed by atoms with Gasteiger partial charge in [-0.1, -0.05) is 57.2 Å². The minimum absolute atomic E-state index is 0.0927. The lowest BCUT2D eigenvalue weighted by atomic mass is 9.70. The highest BCUT2D eigenvalue weighted by Crippen LogP contribution is 2.66. The van der Waals surface area contributed by atoms with Crippen LogP contribution in [0.25, 0.3) is 21.8 Å². The summed E-state index contributed by atoms with van der Waals surface area (Å²) in [5.41, 5.74) is 5.76. The van der Waals surface area contributed by atoms with Gasteiger partial charge in [-0.15, -0.1) is 0 Å². The monoisotopic (exact) mass is 407 g/mol. The normalized spacial score (nSPS) is 23.3. The lowest BCUT2D eigenvalue weighted by molar-refractivity contribution is 0.102. The highest BCUT2D eigenvalue weighted by molar-refractivity contribution is 6.13. The molecule has 2 bridgehead atoms. The van der Waals surface area contributed by atoms with Crippen LogP contribution in [0.5, 0.6) is 0 Å². The Labute approximate surface area is 181 Å². The molecule has 31 heavy (non-hydrogen) atoms. The average molecular weight is 408 g/mol. The van der Waals surface area contributed by atoms with Crippen LogP contribution < -0.4 is 5.32 Å². The van der Waals surface area contributed by atoms with Gasteiger partial charge in [0.15, 0.2) is 0 Å². The van der Waals surface area contributed by atoms with Gasteiger partial charge in [0.2, 0.25) is 0 Å². The molecule has 2 atom stereocenters. The standard InChI is InChI=1S/C27H25N3O/c1-26(2)20-13-14-27(26,3)24-23(20)29-22-15-17(11-12-21(22)30-24)28-25(31)19-10-6-8-16-7-4-5-9-18(16)19/h4-12,15,20H,13-14H2,1-3H3,(H,28,31). The third-order valence-corrected chi connectivity index (χ3v) is 8.06. The van der Waals surface area contributed by atoms with Crippen LogP contribution in [-0.4, -0.2) is 15.9 Å². The number of nitrogens with zero attached hydrogens (tertiary/aromatic N) is 2. The van der Waals surface area contributed by atoms with Gasteiger partial charge >= 0.3 is 0 Å². The molecule has 1 fully saturated rings. The molecular weight excluding hydrogens is 382 g/mol. The maximum Gasteiger partial charge on any atom is 0.256 e. The second-order valence-electron chi connectivity index (χ2n) is 9.79. The van der Waals surface area contributed by atoms with Crippen molar-refractivity contribution in [3.8, 4) is 0 Å². The van der Waals surface area contributed by atoms with Gasteiger partial charge in [0.05, 0.1) is 22.4 Å². The van der Waals surface area contributed by atoms with E-state index in [1.807, 2.05) is 60.7 Å². The quantitative estimate of drug-likeness (QED) is 0.430. The summed E-state index contributed by atoms with van der Waals surface area (Å²) in [7, 11) is 0. The minimum Gasteiger partial charge on any atom is -0.322 e. The van der Waals surface area contributed by atoms with Gasteiger partial charge in [0.25, 0.3) is 5.91 Å². The van der Waals surface area contributed by atoms with Gasteiger partial charge < -0.3 is 5.32 Å². The van der Waals surface area contributed by atoms with Crippen LogP contribution in [-0.2, 0) is 5.41 Å². The molecule has 2 unspecified atom stereocenters. The van der Waals surface area contributed by atoms with E-state index in [4.69, 9.17) is 9.97 Å². The van der Waals surface area contributed by atoms with Gasteiger partial charge in [-0.3, -0.25) is 4.79 Å². The van der Waals surface area contributed by atoms with E-state index < -0.39 is 0 Å². The van der Waals surface area contributed by atoms with Gasteiger partial charge in [-0.2, -0.15) is 0 Å². The molecule has 4 aromatic rings. The number of rotatable bonds is 2. The topological polar surface area (TPSA) is 54.9 Å². The van der Waals surface area contributed by atoms with Crippen molar-refractivity contribution >= 4 is 33.4 Å². The van der Waals surface area contributed by atoms with E-state index in [1.165, 1.54) is 18.5 Å². The number of hydrogen-bond donors (Lipinski definition) is 1. The molecule has 0 radical (unpaired) electrons. The largest absolute Gasteiger partial charge is 0.322 e. The van der Waals surface area contributed by atoms with E-state index in [2.05, 4.69) is 26.1 Å².